The van der Waals surface area contributed by atoms with Gasteiger partial charge in [-0.1, -0.05) is 33.6 Å². The SMILES string of the molecule is CCCCC(C)(CC)CSc1cc(OC)c(F)cc1N. The molecule has 0 spiro atoms. The number of methoxy groups -OCH3 is 1. The highest BCUT2D eigenvalue weighted by Gasteiger charge is 2.22. The van der Waals surface area contributed by atoms with Crippen molar-refractivity contribution >= 4 is 17.4 Å². The van der Waals surface area contributed by atoms with Gasteiger partial charge in [-0.15, -0.1) is 11.8 Å². The van der Waals surface area contributed by atoms with Gasteiger partial charge in [0.2, 0.25) is 0 Å². The molecule has 0 heterocycles. The number of unbranched alkanes of at least 4 members (excludes halogenated alkanes) is 1. The number of thioether (sulfide) groups is 1. The molecule has 0 aliphatic rings. The van der Waals surface area contributed by atoms with Crippen molar-refractivity contribution in [2.24, 2.45) is 5.41 Å². The Bertz CT molecular complexity index is 439. The van der Waals surface area contributed by atoms with Crippen LogP contribution in [-0.2, 0) is 0 Å². The Morgan fingerprint density at radius 2 is 2.05 bits per heavy atom. The number of nitrogens with two attached hydrogens (primary N) is 1. The number of halogens is 1. The summed E-state index contributed by atoms with van der Waals surface area (Å²) in [7, 11) is 1.47. The van der Waals surface area contributed by atoms with Crippen molar-refractivity contribution in [3.8, 4) is 5.75 Å². The second-order valence-electron chi connectivity index (χ2n) is 5.58. The average molecular weight is 299 g/mol. The molecule has 0 aromatic heterocycles. The highest BCUT2D eigenvalue weighted by Crippen LogP contribution is 2.38. The van der Waals surface area contributed by atoms with Crippen LogP contribution in [0.2, 0.25) is 0 Å². The summed E-state index contributed by atoms with van der Waals surface area (Å²) in [6, 6.07) is 3.04. The summed E-state index contributed by atoms with van der Waals surface area (Å²) >= 11 is 1.70. The van der Waals surface area contributed by atoms with E-state index in [1.54, 1.807) is 17.8 Å². The van der Waals surface area contributed by atoms with Gasteiger partial charge in [-0.2, -0.15) is 0 Å². The van der Waals surface area contributed by atoms with Crippen LogP contribution < -0.4 is 10.5 Å². The minimum absolute atomic E-state index is 0.258. The van der Waals surface area contributed by atoms with Crippen molar-refractivity contribution in [3.05, 3.63) is 17.9 Å². The molecule has 0 amide bonds. The lowest BCUT2D eigenvalue weighted by molar-refractivity contribution is 0.320. The number of benzene rings is 1. The van der Waals surface area contributed by atoms with Crippen molar-refractivity contribution in [1.29, 1.82) is 0 Å². The number of ether oxygens (including phenoxy) is 1. The molecule has 0 fully saturated rings. The van der Waals surface area contributed by atoms with Crippen LogP contribution in [0.15, 0.2) is 17.0 Å². The van der Waals surface area contributed by atoms with E-state index in [4.69, 9.17) is 10.5 Å². The van der Waals surface area contributed by atoms with Gasteiger partial charge in [-0.3, -0.25) is 0 Å². The Morgan fingerprint density at radius 3 is 2.60 bits per heavy atom. The Labute approximate surface area is 126 Å². The molecule has 114 valence electrons. The van der Waals surface area contributed by atoms with Crippen molar-refractivity contribution in [3.63, 3.8) is 0 Å². The summed E-state index contributed by atoms with van der Waals surface area (Å²) in [6.45, 7) is 6.75. The molecule has 20 heavy (non-hydrogen) atoms. The Morgan fingerprint density at radius 1 is 1.35 bits per heavy atom. The van der Waals surface area contributed by atoms with Crippen LogP contribution in [0.5, 0.6) is 5.75 Å². The Kier molecular flexibility index (Phi) is 6.66. The van der Waals surface area contributed by atoms with Crippen molar-refractivity contribution < 1.29 is 9.13 Å². The largest absolute Gasteiger partial charge is 0.494 e. The fourth-order valence-corrected chi connectivity index (χ4v) is 3.31. The molecule has 1 rings (SSSR count). The lowest BCUT2D eigenvalue weighted by Gasteiger charge is -2.28. The normalized spacial score (nSPS) is 14.1. The van der Waals surface area contributed by atoms with Gasteiger partial charge >= 0.3 is 0 Å². The number of anilines is 1. The van der Waals surface area contributed by atoms with Gasteiger partial charge < -0.3 is 10.5 Å². The fourth-order valence-electron chi connectivity index (χ4n) is 2.04. The van der Waals surface area contributed by atoms with Gasteiger partial charge in [-0.25, -0.2) is 4.39 Å². The summed E-state index contributed by atoms with van der Waals surface area (Å²) in [5.41, 5.74) is 6.69. The molecule has 1 unspecified atom stereocenters. The lowest BCUT2D eigenvalue weighted by Crippen LogP contribution is -2.18. The van der Waals surface area contributed by atoms with E-state index in [0.29, 0.717) is 11.1 Å². The second kappa shape index (κ2) is 7.77. The van der Waals surface area contributed by atoms with Gasteiger partial charge in [0, 0.05) is 22.4 Å². The van der Waals surface area contributed by atoms with E-state index in [-0.39, 0.29) is 5.75 Å². The molecule has 4 heteroatoms. The smallest absolute Gasteiger partial charge is 0.167 e. The first-order chi connectivity index (χ1) is 9.45. The first-order valence-electron chi connectivity index (χ1n) is 7.21. The van der Waals surface area contributed by atoms with Gasteiger partial charge in [0.05, 0.1) is 7.11 Å². The average Bonchev–Trinajstić information content (AvgIpc) is 2.44. The number of nitrogen functional groups attached to an aromatic ring is 1. The molecular formula is C16H26FNOS. The zero-order valence-corrected chi connectivity index (χ0v) is 13.8. The molecule has 0 radical (unpaired) electrons. The maximum Gasteiger partial charge on any atom is 0.167 e. The quantitative estimate of drug-likeness (QED) is 0.535. The molecule has 1 aromatic rings. The molecular weight excluding hydrogens is 273 g/mol. The summed E-state index contributed by atoms with van der Waals surface area (Å²) in [4.78, 5) is 0.902. The van der Waals surface area contributed by atoms with E-state index in [9.17, 15) is 4.39 Å². The third kappa shape index (κ3) is 4.58. The van der Waals surface area contributed by atoms with Crippen molar-refractivity contribution in [1.82, 2.24) is 0 Å². The molecule has 0 saturated heterocycles. The molecule has 2 N–H and O–H groups in total. The minimum Gasteiger partial charge on any atom is -0.494 e. The molecule has 2 nitrogen and oxygen atoms in total. The van der Waals surface area contributed by atoms with Crippen molar-refractivity contribution in [2.45, 2.75) is 51.3 Å². The van der Waals surface area contributed by atoms with Gasteiger partial charge in [0.25, 0.3) is 0 Å². The maximum atomic E-state index is 13.5. The van der Waals surface area contributed by atoms with Crippen LogP contribution in [0.25, 0.3) is 0 Å². The summed E-state index contributed by atoms with van der Waals surface area (Å²) in [5.74, 6) is 0.842. The van der Waals surface area contributed by atoms with Crippen LogP contribution in [0, 0.1) is 11.2 Å². The standard InChI is InChI=1S/C16H26FNOS/c1-5-7-8-16(3,6-2)11-20-15-10-14(19-4)12(17)9-13(15)18/h9-10H,5-8,11,18H2,1-4H3. The summed E-state index contributed by atoms with van der Waals surface area (Å²) in [6.07, 6.45) is 4.81. The topological polar surface area (TPSA) is 35.2 Å². The van der Waals surface area contributed by atoms with Crippen LogP contribution in [0.1, 0.15) is 46.5 Å². The van der Waals surface area contributed by atoms with E-state index < -0.39 is 5.82 Å². The van der Waals surface area contributed by atoms with E-state index in [0.717, 1.165) is 17.1 Å². The molecule has 0 aliphatic heterocycles. The second-order valence-corrected chi connectivity index (χ2v) is 6.60. The first kappa shape index (κ1) is 17.2. The van der Waals surface area contributed by atoms with Gasteiger partial charge in [-0.05, 0) is 24.3 Å². The van der Waals surface area contributed by atoms with Gasteiger partial charge in [0.1, 0.15) is 0 Å². The monoisotopic (exact) mass is 299 g/mol. The van der Waals surface area contributed by atoms with Crippen LogP contribution in [0.3, 0.4) is 0 Å². The molecule has 0 saturated carbocycles. The van der Waals surface area contributed by atoms with Crippen molar-refractivity contribution in [2.75, 3.05) is 18.6 Å². The maximum absolute atomic E-state index is 13.5. The minimum atomic E-state index is -0.404. The molecule has 0 aliphatic carbocycles. The fraction of sp³-hybridized carbons (Fsp3) is 0.625. The van der Waals surface area contributed by atoms with E-state index in [2.05, 4.69) is 20.8 Å². The first-order valence-corrected chi connectivity index (χ1v) is 8.20. The highest BCUT2D eigenvalue weighted by molar-refractivity contribution is 7.99. The zero-order valence-electron chi connectivity index (χ0n) is 13.0. The highest BCUT2D eigenvalue weighted by atomic mass is 32.2. The van der Waals surface area contributed by atoms with E-state index >= 15 is 0 Å². The third-order valence-corrected chi connectivity index (χ3v) is 5.35. The predicted octanol–water partition coefficient (Wildman–Crippen LogP) is 5.12. The van der Waals surface area contributed by atoms with Crippen LogP contribution >= 0.6 is 11.8 Å². The Balaban J connectivity index is 2.77. The Hall–Kier alpha value is -0.900. The number of rotatable bonds is 8. The zero-order chi connectivity index (χ0) is 15.2. The number of hydrogen-bond donors (Lipinski definition) is 1. The van der Waals surface area contributed by atoms with Crippen LogP contribution in [-0.4, -0.2) is 12.9 Å². The summed E-state index contributed by atoms with van der Waals surface area (Å²) in [5, 5.41) is 0. The van der Waals surface area contributed by atoms with E-state index in [1.165, 1.54) is 32.4 Å². The van der Waals surface area contributed by atoms with Gasteiger partial charge in [0.15, 0.2) is 11.6 Å². The van der Waals surface area contributed by atoms with E-state index in [1.807, 2.05) is 0 Å². The molecule has 1 aromatic carbocycles. The molecule has 1 atom stereocenters. The third-order valence-electron chi connectivity index (χ3n) is 3.85. The predicted molar refractivity (Wildman–Crippen MR) is 86.0 cm³/mol. The number of hydrogen-bond acceptors (Lipinski definition) is 3. The summed E-state index contributed by atoms with van der Waals surface area (Å²) < 4.78 is 18.5. The molecule has 0 bridgehead atoms. The van der Waals surface area contributed by atoms with Crippen LogP contribution in [0.4, 0.5) is 10.1 Å². The lowest BCUT2D eigenvalue weighted by atomic mass is 9.84.